The van der Waals surface area contributed by atoms with Gasteiger partial charge in [0.1, 0.15) is 6.33 Å². The summed E-state index contributed by atoms with van der Waals surface area (Å²) < 4.78 is 2.69. The first-order valence-electron chi connectivity index (χ1n) is 6.78. The van der Waals surface area contributed by atoms with E-state index >= 15 is 0 Å². The molecule has 0 saturated heterocycles. The first kappa shape index (κ1) is 15.1. The fourth-order valence-corrected chi connectivity index (χ4v) is 3.15. The molecule has 3 aromatic rings. The number of nitrogens with zero attached hydrogens (tertiary/aromatic N) is 2. The van der Waals surface area contributed by atoms with E-state index in [9.17, 15) is 4.79 Å². The third-order valence-electron chi connectivity index (χ3n) is 3.18. The van der Waals surface area contributed by atoms with Gasteiger partial charge in [-0.15, -0.1) is 11.8 Å². The molecule has 4 nitrogen and oxygen atoms in total. The second-order valence-corrected chi connectivity index (χ2v) is 7.12. The minimum absolute atomic E-state index is 0.0592. The van der Waals surface area contributed by atoms with Gasteiger partial charge >= 0.3 is 0 Å². The predicted octanol–water partition coefficient (Wildman–Crippen LogP) is 4.05. The zero-order valence-electron chi connectivity index (χ0n) is 11.9. The molecule has 1 aromatic heterocycles. The second kappa shape index (κ2) is 6.54. The third kappa shape index (κ3) is 3.34. The number of nitrogens with one attached hydrogen (secondary N) is 1. The van der Waals surface area contributed by atoms with Crippen molar-refractivity contribution in [3.63, 3.8) is 0 Å². The summed E-state index contributed by atoms with van der Waals surface area (Å²) in [6.07, 6.45) is 1.62. The molecule has 0 aliphatic heterocycles. The van der Waals surface area contributed by atoms with Crippen LogP contribution in [0.5, 0.6) is 0 Å². The van der Waals surface area contributed by atoms with Gasteiger partial charge in [0.15, 0.2) is 0 Å². The first-order chi connectivity index (χ1) is 10.6. The van der Waals surface area contributed by atoms with Crippen molar-refractivity contribution in [1.82, 2.24) is 9.66 Å². The van der Waals surface area contributed by atoms with Gasteiger partial charge in [-0.25, -0.2) is 9.66 Å². The van der Waals surface area contributed by atoms with Gasteiger partial charge in [0.2, 0.25) is 0 Å². The summed E-state index contributed by atoms with van der Waals surface area (Å²) in [5.41, 5.74) is 4.62. The maximum atomic E-state index is 12.3. The molecule has 2 aromatic carbocycles. The van der Waals surface area contributed by atoms with Crippen molar-refractivity contribution in [2.24, 2.45) is 0 Å². The van der Waals surface area contributed by atoms with Gasteiger partial charge in [0.05, 0.1) is 16.3 Å². The molecule has 1 atom stereocenters. The lowest BCUT2D eigenvalue weighted by molar-refractivity contribution is -0.116. The Morgan fingerprint density at radius 3 is 2.73 bits per heavy atom. The van der Waals surface area contributed by atoms with E-state index in [2.05, 4.69) is 26.3 Å². The van der Waals surface area contributed by atoms with Crippen LogP contribution in [-0.2, 0) is 4.79 Å². The van der Waals surface area contributed by atoms with Crippen LogP contribution in [0.2, 0.25) is 0 Å². The van der Waals surface area contributed by atoms with Crippen LogP contribution in [0.4, 0.5) is 0 Å². The number of fused-ring (bicyclic) bond motifs is 1. The highest BCUT2D eigenvalue weighted by Crippen LogP contribution is 2.25. The molecule has 112 valence electrons. The van der Waals surface area contributed by atoms with E-state index in [1.807, 2.05) is 55.5 Å². The van der Waals surface area contributed by atoms with Crippen molar-refractivity contribution >= 4 is 44.6 Å². The molecular weight excluding hydrogens is 362 g/mol. The molecule has 0 radical (unpaired) electrons. The first-order valence-corrected chi connectivity index (χ1v) is 8.46. The van der Waals surface area contributed by atoms with E-state index in [-0.39, 0.29) is 11.2 Å². The van der Waals surface area contributed by atoms with Crippen LogP contribution in [-0.4, -0.2) is 20.8 Å². The fourth-order valence-electron chi connectivity index (χ4n) is 2.03. The van der Waals surface area contributed by atoms with Crippen molar-refractivity contribution < 1.29 is 4.79 Å². The summed E-state index contributed by atoms with van der Waals surface area (Å²) in [6, 6.07) is 15.6. The zero-order valence-corrected chi connectivity index (χ0v) is 14.3. The summed E-state index contributed by atoms with van der Waals surface area (Å²) in [7, 11) is 0. The standard InChI is InChI=1S/C16H14BrN3OS/c1-11(22-13-8-6-12(17)7-9-13)16(21)19-20-10-18-14-4-2-3-5-15(14)20/h2-11H,1H3,(H,19,21). The molecule has 1 heterocycles. The Balaban J connectivity index is 1.69. The van der Waals surface area contributed by atoms with Crippen LogP contribution in [0.1, 0.15) is 6.92 Å². The predicted molar refractivity (Wildman–Crippen MR) is 93.6 cm³/mol. The Kier molecular flexibility index (Phi) is 4.49. The highest BCUT2D eigenvalue weighted by Gasteiger charge is 2.15. The molecule has 1 unspecified atom stereocenters. The number of carbonyl (C=O) groups excluding carboxylic acids is 1. The number of thioether (sulfide) groups is 1. The smallest absolute Gasteiger partial charge is 0.252 e. The monoisotopic (exact) mass is 375 g/mol. The number of imidazole rings is 1. The van der Waals surface area contributed by atoms with Gasteiger partial charge in [0, 0.05) is 9.37 Å². The van der Waals surface area contributed by atoms with Crippen LogP contribution in [0.15, 0.2) is 64.2 Å². The number of rotatable bonds is 4. The van der Waals surface area contributed by atoms with Crippen LogP contribution in [0.3, 0.4) is 0 Å². The molecule has 0 spiro atoms. The maximum absolute atomic E-state index is 12.3. The van der Waals surface area contributed by atoms with E-state index in [4.69, 9.17) is 0 Å². The summed E-state index contributed by atoms with van der Waals surface area (Å²) >= 11 is 4.93. The second-order valence-electron chi connectivity index (χ2n) is 4.79. The van der Waals surface area contributed by atoms with E-state index in [0.29, 0.717) is 0 Å². The SMILES string of the molecule is CC(Sc1ccc(Br)cc1)C(=O)Nn1cnc2ccccc21. The van der Waals surface area contributed by atoms with Gasteiger partial charge in [-0.1, -0.05) is 28.1 Å². The number of halogens is 1. The van der Waals surface area contributed by atoms with E-state index < -0.39 is 0 Å². The largest absolute Gasteiger partial charge is 0.272 e. The van der Waals surface area contributed by atoms with E-state index in [1.165, 1.54) is 11.8 Å². The quantitative estimate of drug-likeness (QED) is 0.699. The van der Waals surface area contributed by atoms with Gasteiger partial charge in [-0.2, -0.15) is 0 Å². The number of benzene rings is 2. The van der Waals surface area contributed by atoms with E-state index in [1.54, 1.807) is 11.0 Å². The van der Waals surface area contributed by atoms with Gasteiger partial charge in [-0.05, 0) is 43.3 Å². The Bertz CT molecular complexity index is 801. The molecule has 22 heavy (non-hydrogen) atoms. The van der Waals surface area contributed by atoms with Crippen LogP contribution in [0.25, 0.3) is 11.0 Å². The molecule has 1 N–H and O–H groups in total. The molecule has 0 saturated carbocycles. The van der Waals surface area contributed by atoms with Gasteiger partial charge < -0.3 is 0 Å². The molecule has 1 amide bonds. The summed E-state index contributed by atoms with van der Waals surface area (Å²) in [5, 5.41) is -0.206. The molecule has 3 rings (SSSR count). The minimum atomic E-state index is -0.206. The topological polar surface area (TPSA) is 46.9 Å². The highest BCUT2D eigenvalue weighted by molar-refractivity contribution is 9.10. The number of carbonyl (C=O) groups is 1. The lowest BCUT2D eigenvalue weighted by Crippen LogP contribution is -2.29. The number of para-hydroxylation sites is 2. The van der Waals surface area contributed by atoms with Crippen molar-refractivity contribution in [2.45, 2.75) is 17.1 Å². The van der Waals surface area contributed by atoms with Crippen molar-refractivity contribution in [1.29, 1.82) is 0 Å². The van der Waals surface area contributed by atoms with Crippen LogP contribution in [0, 0.1) is 0 Å². The lowest BCUT2D eigenvalue weighted by Gasteiger charge is -2.13. The molecule has 0 bridgehead atoms. The Morgan fingerprint density at radius 2 is 1.95 bits per heavy atom. The number of aromatic nitrogens is 2. The normalized spacial score (nSPS) is 12.3. The molecular formula is C16H14BrN3OS. The molecule has 0 aliphatic rings. The van der Waals surface area contributed by atoms with Crippen molar-refractivity contribution in [2.75, 3.05) is 5.43 Å². The summed E-state index contributed by atoms with van der Waals surface area (Å²) in [4.78, 5) is 17.7. The average molecular weight is 376 g/mol. The Labute approximate surface area is 141 Å². The maximum Gasteiger partial charge on any atom is 0.252 e. The number of amides is 1. The zero-order chi connectivity index (χ0) is 15.5. The molecule has 0 aliphatic carbocycles. The fraction of sp³-hybridized carbons (Fsp3) is 0.125. The van der Waals surface area contributed by atoms with Gasteiger partial charge in [0.25, 0.3) is 5.91 Å². The summed E-state index contributed by atoms with van der Waals surface area (Å²) in [5.74, 6) is -0.0592. The van der Waals surface area contributed by atoms with Crippen molar-refractivity contribution in [3.8, 4) is 0 Å². The van der Waals surface area contributed by atoms with E-state index in [0.717, 1.165) is 20.4 Å². The Morgan fingerprint density at radius 1 is 1.23 bits per heavy atom. The lowest BCUT2D eigenvalue weighted by atomic mass is 10.3. The van der Waals surface area contributed by atoms with Crippen LogP contribution >= 0.6 is 27.7 Å². The number of hydrogen-bond acceptors (Lipinski definition) is 3. The highest BCUT2D eigenvalue weighted by atomic mass is 79.9. The average Bonchev–Trinajstić information content (AvgIpc) is 2.93. The summed E-state index contributed by atoms with van der Waals surface area (Å²) in [6.45, 7) is 1.89. The molecule has 6 heteroatoms. The minimum Gasteiger partial charge on any atom is -0.272 e. The van der Waals surface area contributed by atoms with Crippen LogP contribution < -0.4 is 5.43 Å². The third-order valence-corrected chi connectivity index (χ3v) is 4.82. The Hall–Kier alpha value is -1.79. The van der Waals surface area contributed by atoms with Crippen molar-refractivity contribution in [3.05, 3.63) is 59.3 Å². The van der Waals surface area contributed by atoms with Gasteiger partial charge in [-0.3, -0.25) is 10.2 Å². The molecule has 0 fully saturated rings. The number of hydrogen-bond donors (Lipinski definition) is 1.